The molecular formula is C11H16FN3. The van der Waals surface area contributed by atoms with Gasteiger partial charge in [0.15, 0.2) is 0 Å². The summed E-state index contributed by atoms with van der Waals surface area (Å²) >= 11 is 0. The van der Waals surface area contributed by atoms with Crippen molar-refractivity contribution in [2.45, 2.75) is 6.92 Å². The molecular weight excluding hydrogens is 193 g/mol. The van der Waals surface area contributed by atoms with E-state index in [2.05, 4.69) is 0 Å². The molecule has 0 saturated heterocycles. The minimum absolute atomic E-state index is 0.0294. The molecule has 0 fully saturated rings. The van der Waals surface area contributed by atoms with Crippen LogP contribution in [0.4, 0.5) is 10.1 Å². The molecule has 15 heavy (non-hydrogen) atoms. The van der Waals surface area contributed by atoms with E-state index in [0.29, 0.717) is 6.54 Å². The standard InChI is InChI=1S/C11H16FN3/c1-8(11(13)14)7-15(2)10-5-3-4-9(12)6-10/h3-6,8H,7H2,1-2H3,(H3,13,14). The fraction of sp³-hybridized carbons (Fsp3) is 0.364. The van der Waals surface area contributed by atoms with Crippen LogP contribution in [0.1, 0.15) is 6.92 Å². The van der Waals surface area contributed by atoms with E-state index in [1.807, 2.05) is 24.9 Å². The van der Waals surface area contributed by atoms with Crippen molar-refractivity contribution in [1.29, 1.82) is 5.41 Å². The molecule has 0 heterocycles. The molecule has 3 N–H and O–H groups in total. The average molecular weight is 209 g/mol. The Kier molecular flexibility index (Phi) is 3.66. The Balaban J connectivity index is 2.68. The maximum Gasteiger partial charge on any atom is 0.125 e. The summed E-state index contributed by atoms with van der Waals surface area (Å²) in [7, 11) is 1.86. The van der Waals surface area contributed by atoms with Crippen LogP contribution in [0.2, 0.25) is 0 Å². The minimum atomic E-state index is -0.255. The van der Waals surface area contributed by atoms with Crippen molar-refractivity contribution in [3.05, 3.63) is 30.1 Å². The van der Waals surface area contributed by atoms with Gasteiger partial charge in [0.2, 0.25) is 0 Å². The first-order valence-electron chi connectivity index (χ1n) is 4.81. The van der Waals surface area contributed by atoms with Gasteiger partial charge < -0.3 is 10.6 Å². The lowest BCUT2D eigenvalue weighted by atomic mass is 10.1. The Morgan fingerprint density at radius 2 is 2.27 bits per heavy atom. The number of amidine groups is 1. The highest BCUT2D eigenvalue weighted by atomic mass is 19.1. The van der Waals surface area contributed by atoms with Gasteiger partial charge >= 0.3 is 0 Å². The highest BCUT2D eigenvalue weighted by Gasteiger charge is 2.09. The molecule has 0 aromatic heterocycles. The van der Waals surface area contributed by atoms with Crippen molar-refractivity contribution >= 4 is 11.5 Å². The van der Waals surface area contributed by atoms with Gasteiger partial charge in [-0.3, -0.25) is 5.41 Å². The molecule has 0 saturated carbocycles. The zero-order valence-electron chi connectivity index (χ0n) is 9.00. The molecule has 1 atom stereocenters. The van der Waals surface area contributed by atoms with Crippen LogP contribution in [-0.2, 0) is 0 Å². The van der Waals surface area contributed by atoms with E-state index in [-0.39, 0.29) is 17.6 Å². The molecule has 0 spiro atoms. The van der Waals surface area contributed by atoms with Crippen molar-refractivity contribution < 1.29 is 4.39 Å². The topological polar surface area (TPSA) is 53.1 Å². The first-order chi connectivity index (χ1) is 7.00. The highest BCUT2D eigenvalue weighted by molar-refractivity contribution is 5.79. The largest absolute Gasteiger partial charge is 0.387 e. The summed E-state index contributed by atoms with van der Waals surface area (Å²) in [6.07, 6.45) is 0. The number of nitrogens with one attached hydrogen (secondary N) is 1. The maximum atomic E-state index is 12.9. The molecule has 3 nitrogen and oxygen atoms in total. The summed E-state index contributed by atoms with van der Waals surface area (Å²) in [6.45, 7) is 2.48. The lowest BCUT2D eigenvalue weighted by molar-refractivity contribution is 0.626. The quantitative estimate of drug-likeness (QED) is 0.587. The van der Waals surface area contributed by atoms with Crippen LogP contribution in [0, 0.1) is 17.1 Å². The van der Waals surface area contributed by atoms with E-state index >= 15 is 0 Å². The summed E-state index contributed by atoms with van der Waals surface area (Å²) in [5.74, 6) is -0.133. The van der Waals surface area contributed by atoms with E-state index < -0.39 is 0 Å². The molecule has 4 heteroatoms. The lowest BCUT2D eigenvalue weighted by Gasteiger charge is -2.22. The third-order valence-corrected chi connectivity index (χ3v) is 2.33. The van der Waals surface area contributed by atoms with Crippen LogP contribution in [-0.4, -0.2) is 19.4 Å². The summed E-state index contributed by atoms with van der Waals surface area (Å²) in [4.78, 5) is 1.88. The average Bonchev–Trinajstić information content (AvgIpc) is 2.17. The van der Waals surface area contributed by atoms with Gasteiger partial charge in [-0.25, -0.2) is 4.39 Å². The third-order valence-electron chi connectivity index (χ3n) is 2.33. The first kappa shape index (κ1) is 11.5. The van der Waals surface area contributed by atoms with Crippen LogP contribution in [0.5, 0.6) is 0 Å². The second kappa shape index (κ2) is 4.77. The van der Waals surface area contributed by atoms with Crippen molar-refractivity contribution in [3.63, 3.8) is 0 Å². The molecule has 0 aliphatic carbocycles. The third kappa shape index (κ3) is 3.23. The number of hydrogen-bond donors (Lipinski definition) is 2. The first-order valence-corrected chi connectivity index (χ1v) is 4.81. The molecule has 0 aliphatic rings. The smallest absolute Gasteiger partial charge is 0.125 e. The van der Waals surface area contributed by atoms with E-state index in [9.17, 15) is 4.39 Å². The van der Waals surface area contributed by atoms with Gasteiger partial charge in [0.05, 0.1) is 5.84 Å². The van der Waals surface area contributed by atoms with E-state index in [4.69, 9.17) is 11.1 Å². The van der Waals surface area contributed by atoms with Crippen molar-refractivity contribution in [3.8, 4) is 0 Å². The monoisotopic (exact) mass is 209 g/mol. The second-order valence-electron chi connectivity index (χ2n) is 3.72. The number of nitrogens with two attached hydrogens (primary N) is 1. The summed E-state index contributed by atoms with van der Waals surface area (Å²) in [6, 6.07) is 6.37. The second-order valence-corrected chi connectivity index (χ2v) is 3.72. The van der Waals surface area contributed by atoms with Gasteiger partial charge in [-0.2, -0.15) is 0 Å². The molecule has 0 aliphatic heterocycles. The SMILES string of the molecule is CC(CN(C)c1cccc(F)c1)C(=N)N. The van der Waals surface area contributed by atoms with Gasteiger partial charge in [0.1, 0.15) is 5.82 Å². The maximum absolute atomic E-state index is 12.9. The number of nitrogens with zero attached hydrogens (tertiary/aromatic N) is 1. The molecule has 82 valence electrons. The molecule has 1 unspecified atom stereocenters. The summed E-state index contributed by atoms with van der Waals surface area (Å²) in [5, 5.41) is 7.28. The zero-order valence-corrected chi connectivity index (χ0v) is 9.00. The molecule has 0 bridgehead atoms. The van der Waals surface area contributed by atoms with E-state index in [1.165, 1.54) is 12.1 Å². The summed E-state index contributed by atoms with van der Waals surface area (Å²) < 4.78 is 12.9. The van der Waals surface area contributed by atoms with Crippen molar-refractivity contribution in [1.82, 2.24) is 0 Å². The summed E-state index contributed by atoms with van der Waals surface area (Å²) in [5.41, 5.74) is 6.17. The highest BCUT2D eigenvalue weighted by Crippen LogP contribution is 2.14. The van der Waals surface area contributed by atoms with Gasteiger partial charge in [0, 0.05) is 25.2 Å². The molecule has 1 aromatic carbocycles. The predicted octanol–water partition coefficient (Wildman–Crippen LogP) is 1.83. The number of benzene rings is 1. The fourth-order valence-corrected chi connectivity index (χ4v) is 1.33. The normalized spacial score (nSPS) is 12.2. The Morgan fingerprint density at radius 1 is 1.60 bits per heavy atom. The molecule has 1 aromatic rings. The Hall–Kier alpha value is -1.58. The molecule has 1 rings (SSSR count). The number of hydrogen-bond acceptors (Lipinski definition) is 2. The van der Waals surface area contributed by atoms with Gasteiger partial charge in [0.25, 0.3) is 0 Å². The lowest BCUT2D eigenvalue weighted by Crippen LogP contribution is -2.32. The predicted molar refractivity (Wildman–Crippen MR) is 60.7 cm³/mol. The van der Waals surface area contributed by atoms with Gasteiger partial charge in [-0.05, 0) is 18.2 Å². The number of rotatable bonds is 4. The van der Waals surface area contributed by atoms with Crippen molar-refractivity contribution in [2.75, 3.05) is 18.5 Å². The van der Waals surface area contributed by atoms with Crippen LogP contribution in [0.25, 0.3) is 0 Å². The van der Waals surface area contributed by atoms with Gasteiger partial charge in [-0.1, -0.05) is 13.0 Å². The Morgan fingerprint density at radius 3 is 2.80 bits per heavy atom. The fourth-order valence-electron chi connectivity index (χ4n) is 1.33. The Labute approximate surface area is 89.2 Å². The Bertz CT molecular complexity index is 351. The molecule has 0 radical (unpaired) electrons. The van der Waals surface area contributed by atoms with E-state index in [0.717, 1.165) is 5.69 Å². The number of anilines is 1. The van der Waals surface area contributed by atoms with Gasteiger partial charge in [-0.15, -0.1) is 0 Å². The van der Waals surface area contributed by atoms with Crippen LogP contribution >= 0.6 is 0 Å². The molecule has 0 amide bonds. The van der Waals surface area contributed by atoms with Crippen molar-refractivity contribution in [2.24, 2.45) is 11.7 Å². The number of halogens is 1. The minimum Gasteiger partial charge on any atom is -0.387 e. The van der Waals surface area contributed by atoms with E-state index in [1.54, 1.807) is 6.07 Å². The zero-order chi connectivity index (χ0) is 11.4. The van der Waals surface area contributed by atoms with Crippen LogP contribution < -0.4 is 10.6 Å². The van der Waals surface area contributed by atoms with Crippen LogP contribution in [0.3, 0.4) is 0 Å². The van der Waals surface area contributed by atoms with Crippen LogP contribution in [0.15, 0.2) is 24.3 Å².